The van der Waals surface area contributed by atoms with Crippen molar-refractivity contribution in [3.8, 4) is 11.5 Å². The number of carbonyl (C=O) groups excluding carboxylic acids is 3. The van der Waals surface area contributed by atoms with Gasteiger partial charge in [0.15, 0.2) is 6.61 Å². The Morgan fingerprint density at radius 3 is 2.19 bits per heavy atom. The van der Waals surface area contributed by atoms with E-state index in [2.05, 4.69) is 5.32 Å². The topological polar surface area (TPSA) is 84.9 Å². The van der Waals surface area contributed by atoms with Crippen LogP contribution >= 0.6 is 0 Å². The van der Waals surface area contributed by atoms with Crippen LogP contribution in [0.5, 0.6) is 11.5 Å². The molecule has 1 aromatic carbocycles. The molecule has 1 heterocycles. The maximum atomic E-state index is 12.1. The highest BCUT2D eigenvalue weighted by atomic mass is 16.5. The average molecular weight is 376 g/mol. The molecule has 2 rings (SSSR count). The molecule has 1 fully saturated rings. The molecule has 1 aliphatic rings. The van der Waals surface area contributed by atoms with Crippen LogP contribution in [0.2, 0.25) is 0 Å². The van der Waals surface area contributed by atoms with Crippen molar-refractivity contribution >= 4 is 17.6 Å². The van der Waals surface area contributed by atoms with E-state index >= 15 is 0 Å². The lowest BCUT2D eigenvalue weighted by Crippen LogP contribution is -2.47. The SMILES string of the molecule is CCOc1ccc(OCC(=O)NC2CCN(C(=O)CCC(C)=O)CC2)cc1. The summed E-state index contributed by atoms with van der Waals surface area (Å²) in [5, 5.41) is 2.95. The Hall–Kier alpha value is -2.57. The smallest absolute Gasteiger partial charge is 0.258 e. The molecule has 148 valence electrons. The molecule has 0 radical (unpaired) electrons. The van der Waals surface area contributed by atoms with Gasteiger partial charge < -0.3 is 24.5 Å². The normalized spacial score (nSPS) is 14.5. The molecule has 7 heteroatoms. The van der Waals surface area contributed by atoms with Crippen molar-refractivity contribution in [2.45, 2.75) is 45.6 Å². The molecule has 0 saturated carbocycles. The third-order valence-electron chi connectivity index (χ3n) is 4.41. The number of nitrogens with zero attached hydrogens (tertiary/aromatic N) is 1. The van der Waals surface area contributed by atoms with Crippen molar-refractivity contribution in [3.05, 3.63) is 24.3 Å². The second-order valence-electron chi connectivity index (χ2n) is 6.62. The second kappa shape index (κ2) is 10.5. The zero-order valence-electron chi connectivity index (χ0n) is 16.0. The van der Waals surface area contributed by atoms with Gasteiger partial charge in [-0.25, -0.2) is 0 Å². The van der Waals surface area contributed by atoms with E-state index < -0.39 is 0 Å². The summed E-state index contributed by atoms with van der Waals surface area (Å²) in [5.74, 6) is 1.23. The van der Waals surface area contributed by atoms with Crippen LogP contribution in [-0.2, 0) is 14.4 Å². The van der Waals surface area contributed by atoms with Crippen molar-refractivity contribution in [1.82, 2.24) is 10.2 Å². The summed E-state index contributed by atoms with van der Waals surface area (Å²) in [7, 11) is 0. The van der Waals surface area contributed by atoms with Crippen molar-refractivity contribution in [3.63, 3.8) is 0 Å². The van der Waals surface area contributed by atoms with E-state index in [0.717, 1.165) is 5.75 Å². The minimum Gasteiger partial charge on any atom is -0.494 e. The predicted octanol–water partition coefficient (Wildman–Crippen LogP) is 1.94. The van der Waals surface area contributed by atoms with E-state index in [1.54, 1.807) is 29.2 Å². The molecule has 1 N–H and O–H groups in total. The third kappa shape index (κ3) is 7.29. The molecule has 1 saturated heterocycles. The molecule has 0 bridgehead atoms. The van der Waals surface area contributed by atoms with Crippen molar-refractivity contribution in [2.75, 3.05) is 26.3 Å². The minimum atomic E-state index is -0.176. The van der Waals surface area contributed by atoms with Gasteiger partial charge in [-0.05, 0) is 51.0 Å². The summed E-state index contributed by atoms with van der Waals surface area (Å²) in [5.41, 5.74) is 0. The van der Waals surface area contributed by atoms with Gasteiger partial charge >= 0.3 is 0 Å². The number of benzene rings is 1. The largest absolute Gasteiger partial charge is 0.494 e. The number of hydrogen-bond acceptors (Lipinski definition) is 5. The molecule has 0 aromatic heterocycles. The number of amides is 2. The van der Waals surface area contributed by atoms with E-state index in [9.17, 15) is 14.4 Å². The first-order valence-corrected chi connectivity index (χ1v) is 9.40. The molecular weight excluding hydrogens is 348 g/mol. The lowest BCUT2D eigenvalue weighted by atomic mass is 10.0. The van der Waals surface area contributed by atoms with Gasteiger partial charge in [0.1, 0.15) is 17.3 Å². The molecule has 1 aromatic rings. The first-order valence-electron chi connectivity index (χ1n) is 9.40. The number of piperidine rings is 1. The third-order valence-corrected chi connectivity index (χ3v) is 4.41. The van der Waals surface area contributed by atoms with Crippen molar-refractivity contribution in [1.29, 1.82) is 0 Å². The summed E-state index contributed by atoms with van der Waals surface area (Å²) in [6, 6.07) is 7.18. The summed E-state index contributed by atoms with van der Waals surface area (Å²) in [6.07, 6.45) is 1.97. The summed E-state index contributed by atoms with van der Waals surface area (Å²) in [4.78, 5) is 36.8. The van der Waals surface area contributed by atoms with Crippen LogP contribution in [-0.4, -0.2) is 54.8 Å². The number of ether oxygens (including phenoxy) is 2. The predicted molar refractivity (Wildman–Crippen MR) is 101 cm³/mol. The number of ketones is 1. The van der Waals surface area contributed by atoms with Gasteiger partial charge in [-0.15, -0.1) is 0 Å². The molecule has 0 atom stereocenters. The highest BCUT2D eigenvalue weighted by Crippen LogP contribution is 2.17. The fourth-order valence-electron chi connectivity index (χ4n) is 2.93. The number of likely N-dealkylation sites (tertiary alicyclic amines) is 1. The Kier molecular flexibility index (Phi) is 8.10. The van der Waals surface area contributed by atoms with Crippen LogP contribution < -0.4 is 14.8 Å². The van der Waals surface area contributed by atoms with Crippen molar-refractivity contribution in [2.24, 2.45) is 0 Å². The molecule has 7 nitrogen and oxygen atoms in total. The fraction of sp³-hybridized carbons (Fsp3) is 0.550. The second-order valence-corrected chi connectivity index (χ2v) is 6.62. The first kappa shape index (κ1) is 20.7. The lowest BCUT2D eigenvalue weighted by Gasteiger charge is -2.32. The Labute approximate surface area is 160 Å². The van der Waals surface area contributed by atoms with E-state index in [-0.39, 0.29) is 36.7 Å². The van der Waals surface area contributed by atoms with Gasteiger partial charge in [-0.2, -0.15) is 0 Å². The van der Waals surface area contributed by atoms with E-state index in [1.807, 2.05) is 6.92 Å². The fourth-order valence-corrected chi connectivity index (χ4v) is 2.93. The zero-order valence-corrected chi connectivity index (χ0v) is 16.0. The molecule has 2 amide bonds. The van der Waals surface area contributed by atoms with Gasteiger partial charge in [-0.1, -0.05) is 0 Å². The minimum absolute atomic E-state index is 0.00816. The van der Waals surface area contributed by atoms with Crippen LogP contribution in [0.1, 0.15) is 39.5 Å². The molecule has 0 unspecified atom stereocenters. The lowest BCUT2D eigenvalue weighted by molar-refractivity contribution is -0.134. The maximum absolute atomic E-state index is 12.1. The zero-order chi connectivity index (χ0) is 19.6. The van der Waals surface area contributed by atoms with E-state index in [1.165, 1.54) is 6.92 Å². The standard InChI is InChI=1S/C20H28N2O5/c1-3-26-17-5-7-18(8-6-17)27-14-19(24)21-16-10-12-22(13-11-16)20(25)9-4-15(2)23/h5-8,16H,3-4,9-14H2,1-2H3,(H,21,24). The van der Waals surface area contributed by atoms with Gasteiger partial charge in [0.25, 0.3) is 5.91 Å². The maximum Gasteiger partial charge on any atom is 0.258 e. The molecule has 0 spiro atoms. The summed E-state index contributed by atoms with van der Waals surface area (Å²) >= 11 is 0. The van der Waals surface area contributed by atoms with Crippen LogP contribution in [0.15, 0.2) is 24.3 Å². The molecule has 27 heavy (non-hydrogen) atoms. The number of Topliss-reactive ketones (excluding diaryl/α,β-unsaturated/α-hetero) is 1. The number of hydrogen-bond donors (Lipinski definition) is 1. The average Bonchev–Trinajstić information content (AvgIpc) is 2.66. The summed E-state index contributed by atoms with van der Waals surface area (Å²) < 4.78 is 10.9. The van der Waals surface area contributed by atoms with Gasteiger partial charge in [-0.3, -0.25) is 9.59 Å². The quantitative estimate of drug-likeness (QED) is 0.712. The number of carbonyl (C=O) groups is 3. The van der Waals surface area contributed by atoms with Crippen LogP contribution in [0.4, 0.5) is 0 Å². The molecular formula is C20H28N2O5. The highest BCUT2D eigenvalue weighted by Gasteiger charge is 2.23. The van der Waals surface area contributed by atoms with Crippen LogP contribution in [0.25, 0.3) is 0 Å². The van der Waals surface area contributed by atoms with Crippen LogP contribution in [0.3, 0.4) is 0 Å². The highest BCUT2D eigenvalue weighted by molar-refractivity contribution is 5.83. The van der Waals surface area contributed by atoms with Crippen LogP contribution in [0, 0.1) is 0 Å². The van der Waals surface area contributed by atoms with E-state index in [4.69, 9.17) is 9.47 Å². The monoisotopic (exact) mass is 376 g/mol. The van der Waals surface area contributed by atoms with Crippen molar-refractivity contribution < 1.29 is 23.9 Å². The Morgan fingerprint density at radius 1 is 1.04 bits per heavy atom. The number of nitrogens with one attached hydrogen (secondary N) is 1. The molecule has 0 aliphatic carbocycles. The van der Waals surface area contributed by atoms with Gasteiger partial charge in [0.2, 0.25) is 5.91 Å². The number of rotatable bonds is 9. The molecule has 1 aliphatic heterocycles. The Bertz CT molecular complexity index is 636. The van der Waals surface area contributed by atoms with E-state index in [0.29, 0.717) is 44.7 Å². The Morgan fingerprint density at radius 2 is 1.63 bits per heavy atom. The van der Waals surface area contributed by atoms with Gasteiger partial charge in [0, 0.05) is 32.0 Å². The summed E-state index contributed by atoms with van der Waals surface area (Å²) in [6.45, 7) is 5.16. The van der Waals surface area contributed by atoms with Gasteiger partial charge in [0.05, 0.1) is 6.61 Å². The Balaban J connectivity index is 1.66. The first-order chi connectivity index (χ1) is 13.0.